The van der Waals surface area contributed by atoms with Crippen molar-refractivity contribution in [2.45, 2.75) is 12.3 Å². The lowest BCUT2D eigenvalue weighted by Crippen LogP contribution is -2.36. The molecule has 3 aromatic rings. The van der Waals surface area contributed by atoms with Crippen LogP contribution < -0.4 is 5.32 Å². The molecule has 0 spiro atoms. The van der Waals surface area contributed by atoms with Gasteiger partial charge in [-0.1, -0.05) is 41.4 Å². The number of anilines is 1. The Labute approximate surface area is 184 Å². The van der Waals surface area contributed by atoms with E-state index in [0.717, 1.165) is 16.7 Å². The van der Waals surface area contributed by atoms with Crippen molar-refractivity contribution in [3.05, 3.63) is 83.1 Å². The van der Waals surface area contributed by atoms with Crippen LogP contribution in [0.4, 0.5) is 5.69 Å². The minimum Gasteiger partial charge on any atom is -0.325 e. The Morgan fingerprint density at radius 3 is 2.63 bits per heavy atom. The third-order valence-corrected chi connectivity index (χ3v) is 6.38. The Hall–Kier alpha value is -2.83. The first kappa shape index (κ1) is 20.4. The fourth-order valence-corrected chi connectivity index (χ4v) is 4.70. The summed E-state index contributed by atoms with van der Waals surface area (Å²) in [5.74, 6) is 0.0233. The van der Waals surface area contributed by atoms with Crippen molar-refractivity contribution in [1.29, 1.82) is 0 Å². The van der Waals surface area contributed by atoms with Crippen LogP contribution in [0.1, 0.15) is 16.5 Å². The second-order valence-corrected chi connectivity index (χ2v) is 8.57. The number of thioether (sulfide) groups is 1. The molecule has 4 rings (SSSR count). The normalized spacial score (nSPS) is 16.0. The summed E-state index contributed by atoms with van der Waals surface area (Å²) in [5, 5.41) is 3.16. The predicted octanol–water partition coefficient (Wildman–Crippen LogP) is 4.92. The summed E-state index contributed by atoms with van der Waals surface area (Å²) in [6.07, 6.45) is 3.53. The van der Waals surface area contributed by atoms with E-state index in [2.05, 4.69) is 34.6 Å². The molecule has 7 heteroatoms. The largest absolute Gasteiger partial charge is 0.325 e. The molecule has 1 unspecified atom stereocenters. The highest BCUT2D eigenvalue weighted by atomic mass is 35.5. The fourth-order valence-electron chi connectivity index (χ4n) is 3.37. The molecule has 1 atom stereocenters. The number of rotatable bonds is 5. The van der Waals surface area contributed by atoms with Crippen molar-refractivity contribution in [2.75, 3.05) is 17.6 Å². The zero-order chi connectivity index (χ0) is 21.1. The first-order valence-electron chi connectivity index (χ1n) is 9.49. The highest BCUT2D eigenvalue weighted by Gasteiger charge is 2.35. The zero-order valence-electron chi connectivity index (χ0n) is 16.3. The number of carbonyl (C=O) groups excluding carboxylic acids is 2. The smallest absolute Gasteiger partial charge is 0.244 e. The third kappa shape index (κ3) is 4.50. The summed E-state index contributed by atoms with van der Waals surface area (Å²) >= 11 is 7.40. The van der Waals surface area contributed by atoms with Crippen molar-refractivity contribution in [3.63, 3.8) is 0 Å². The van der Waals surface area contributed by atoms with E-state index < -0.39 is 0 Å². The molecule has 1 fully saturated rings. The second-order valence-electron chi connectivity index (χ2n) is 7.07. The van der Waals surface area contributed by atoms with Gasteiger partial charge in [-0.05, 0) is 48.4 Å². The maximum atomic E-state index is 12.6. The van der Waals surface area contributed by atoms with Crippen molar-refractivity contribution < 1.29 is 9.59 Å². The number of aryl methyl sites for hydroxylation is 1. The van der Waals surface area contributed by atoms with Gasteiger partial charge in [-0.25, -0.2) is 0 Å². The molecule has 0 radical (unpaired) electrons. The molecule has 0 bridgehead atoms. The van der Waals surface area contributed by atoms with Gasteiger partial charge in [0, 0.05) is 28.7 Å². The number of halogens is 1. The number of nitrogens with one attached hydrogen (secondary N) is 1. The molecule has 2 heterocycles. The molecule has 2 aromatic carbocycles. The van der Waals surface area contributed by atoms with Gasteiger partial charge in [0.25, 0.3) is 0 Å². The number of hydrogen-bond acceptors (Lipinski definition) is 4. The highest BCUT2D eigenvalue weighted by Crippen LogP contribution is 2.42. The molecule has 1 N–H and O–H groups in total. The van der Waals surface area contributed by atoms with Gasteiger partial charge in [0.05, 0.1) is 5.75 Å². The van der Waals surface area contributed by atoms with Crippen LogP contribution in [0.5, 0.6) is 0 Å². The number of aromatic nitrogens is 1. The molecule has 1 aliphatic heterocycles. The van der Waals surface area contributed by atoms with Crippen LogP contribution in [-0.2, 0) is 9.59 Å². The second kappa shape index (κ2) is 8.90. The molecular formula is C23H20ClN3O2S. The van der Waals surface area contributed by atoms with E-state index in [1.165, 1.54) is 17.3 Å². The Balaban J connectivity index is 1.57. The summed E-state index contributed by atoms with van der Waals surface area (Å²) in [6.45, 7) is 2.02. The van der Waals surface area contributed by atoms with Gasteiger partial charge < -0.3 is 10.2 Å². The fraction of sp³-hybridized carbons (Fsp3) is 0.174. The average molecular weight is 438 g/mol. The van der Waals surface area contributed by atoms with Gasteiger partial charge in [0.2, 0.25) is 11.8 Å². The third-order valence-electron chi connectivity index (χ3n) is 4.89. The number of hydrogen-bond donors (Lipinski definition) is 1. The monoisotopic (exact) mass is 437 g/mol. The van der Waals surface area contributed by atoms with E-state index in [4.69, 9.17) is 11.6 Å². The van der Waals surface area contributed by atoms with Crippen molar-refractivity contribution >= 4 is 40.9 Å². The summed E-state index contributed by atoms with van der Waals surface area (Å²) in [4.78, 5) is 31.1. The van der Waals surface area contributed by atoms with Gasteiger partial charge in [-0.2, -0.15) is 0 Å². The average Bonchev–Trinajstić information content (AvgIpc) is 3.10. The Kier molecular flexibility index (Phi) is 6.06. The van der Waals surface area contributed by atoms with Gasteiger partial charge >= 0.3 is 0 Å². The summed E-state index contributed by atoms with van der Waals surface area (Å²) < 4.78 is 0. The predicted molar refractivity (Wildman–Crippen MR) is 121 cm³/mol. The molecule has 1 saturated heterocycles. The van der Waals surface area contributed by atoms with Gasteiger partial charge in [-0.15, -0.1) is 11.8 Å². The minimum atomic E-state index is -0.265. The molecule has 152 valence electrons. The van der Waals surface area contributed by atoms with Crippen LogP contribution >= 0.6 is 23.4 Å². The van der Waals surface area contributed by atoms with E-state index in [1.54, 1.807) is 41.6 Å². The van der Waals surface area contributed by atoms with Gasteiger partial charge in [0.1, 0.15) is 11.9 Å². The number of carbonyl (C=O) groups is 2. The minimum absolute atomic E-state index is 0.0264. The maximum absolute atomic E-state index is 12.6. The molecule has 0 aliphatic carbocycles. The molecular weight excluding hydrogens is 418 g/mol. The van der Waals surface area contributed by atoms with Gasteiger partial charge in [-0.3, -0.25) is 14.6 Å². The lowest BCUT2D eigenvalue weighted by atomic mass is 10.00. The molecule has 1 aliphatic rings. The number of benzene rings is 2. The topological polar surface area (TPSA) is 62.3 Å². The number of pyridine rings is 1. The van der Waals surface area contributed by atoms with Crippen LogP contribution in [0.2, 0.25) is 5.02 Å². The first-order valence-corrected chi connectivity index (χ1v) is 10.9. The zero-order valence-corrected chi connectivity index (χ0v) is 17.9. The van der Waals surface area contributed by atoms with Crippen LogP contribution in [0, 0.1) is 6.92 Å². The van der Waals surface area contributed by atoms with E-state index in [9.17, 15) is 9.59 Å². The maximum Gasteiger partial charge on any atom is 0.244 e. The molecule has 2 amide bonds. The van der Waals surface area contributed by atoms with Crippen LogP contribution in [0.25, 0.3) is 11.1 Å². The number of nitrogens with zero attached hydrogens (tertiary/aromatic N) is 2. The quantitative estimate of drug-likeness (QED) is 0.615. The van der Waals surface area contributed by atoms with Crippen molar-refractivity contribution in [1.82, 2.24) is 9.88 Å². The summed E-state index contributed by atoms with van der Waals surface area (Å²) in [6, 6.07) is 17.1. The molecule has 1 aromatic heterocycles. The summed E-state index contributed by atoms with van der Waals surface area (Å²) in [7, 11) is 0. The Morgan fingerprint density at radius 1 is 1.17 bits per heavy atom. The summed E-state index contributed by atoms with van der Waals surface area (Å²) in [5.41, 5.74) is 4.82. The molecule has 30 heavy (non-hydrogen) atoms. The van der Waals surface area contributed by atoms with E-state index in [0.29, 0.717) is 16.5 Å². The van der Waals surface area contributed by atoms with E-state index in [1.807, 2.05) is 13.0 Å². The van der Waals surface area contributed by atoms with Crippen molar-refractivity contribution in [3.8, 4) is 11.1 Å². The number of amides is 2. The molecule has 0 saturated carbocycles. The SMILES string of the molecule is Cc1ccc(-c2ccncc2C2SCC(=O)N2CC(=O)Nc2ccc(Cl)cc2)cc1. The lowest BCUT2D eigenvalue weighted by Gasteiger charge is -2.25. The van der Waals surface area contributed by atoms with Crippen LogP contribution in [0.3, 0.4) is 0 Å². The van der Waals surface area contributed by atoms with Gasteiger partial charge in [0.15, 0.2) is 0 Å². The van der Waals surface area contributed by atoms with E-state index in [-0.39, 0.29) is 23.7 Å². The first-order chi connectivity index (χ1) is 14.5. The Morgan fingerprint density at radius 2 is 1.90 bits per heavy atom. The van der Waals surface area contributed by atoms with Crippen LogP contribution in [0.15, 0.2) is 67.0 Å². The van der Waals surface area contributed by atoms with E-state index >= 15 is 0 Å². The van der Waals surface area contributed by atoms with Crippen LogP contribution in [-0.4, -0.2) is 34.0 Å². The lowest BCUT2D eigenvalue weighted by molar-refractivity contribution is -0.132. The Bertz CT molecular complexity index is 1070. The van der Waals surface area contributed by atoms with Crippen molar-refractivity contribution in [2.24, 2.45) is 0 Å². The standard InChI is InChI=1S/C23H20ClN3O2S/c1-15-2-4-16(5-3-15)19-10-11-25-12-20(19)23-27(22(29)14-30-23)13-21(28)26-18-8-6-17(24)7-9-18/h2-12,23H,13-14H2,1H3,(H,26,28). The highest BCUT2D eigenvalue weighted by molar-refractivity contribution is 8.00. The molecule has 5 nitrogen and oxygen atoms in total.